The van der Waals surface area contributed by atoms with E-state index in [9.17, 15) is 0 Å². The summed E-state index contributed by atoms with van der Waals surface area (Å²) < 4.78 is 1.90. The van der Waals surface area contributed by atoms with Crippen LogP contribution in [0.1, 0.15) is 44.0 Å². The third-order valence-corrected chi connectivity index (χ3v) is 2.68. The summed E-state index contributed by atoms with van der Waals surface area (Å²) in [6, 6.07) is 0.495. The first-order valence-electron chi connectivity index (χ1n) is 4.96. The molecule has 1 aromatic rings. The average molecular weight is 180 g/mol. The Labute approximate surface area is 78.1 Å². The largest absolute Gasteiger partial charge is 0.368 e. The Bertz CT molecular complexity index is 286. The smallest absolute Gasteiger partial charge is 0.218 e. The van der Waals surface area contributed by atoms with Gasteiger partial charge in [-0.1, -0.05) is 19.3 Å². The molecule has 4 heteroatoms. The normalized spacial score (nSPS) is 19.2. The van der Waals surface area contributed by atoms with Crippen molar-refractivity contribution >= 4 is 5.95 Å². The maximum Gasteiger partial charge on any atom is 0.218 e. The van der Waals surface area contributed by atoms with E-state index in [4.69, 9.17) is 5.73 Å². The number of hydrogen-bond donors (Lipinski definition) is 1. The third-order valence-electron chi connectivity index (χ3n) is 2.68. The molecule has 1 fully saturated rings. The minimum Gasteiger partial charge on any atom is -0.368 e. The molecule has 0 bridgehead atoms. The van der Waals surface area contributed by atoms with Gasteiger partial charge in [0, 0.05) is 0 Å². The second kappa shape index (κ2) is 3.36. The monoisotopic (exact) mass is 180 g/mol. The molecule has 13 heavy (non-hydrogen) atoms. The van der Waals surface area contributed by atoms with Gasteiger partial charge in [-0.2, -0.15) is 10.1 Å². The molecule has 0 atom stereocenters. The fraction of sp³-hybridized carbons (Fsp3) is 0.778. The Morgan fingerprint density at radius 2 is 2.00 bits per heavy atom. The van der Waals surface area contributed by atoms with Crippen molar-refractivity contribution in [1.82, 2.24) is 14.8 Å². The molecule has 0 saturated heterocycles. The van der Waals surface area contributed by atoms with Crippen molar-refractivity contribution in [1.29, 1.82) is 0 Å². The van der Waals surface area contributed by atoms with Gasteiger partial charge in [0.2, 0.25) is 5.95 Å². The summed E-state index contributed by atoms with van der Waals surface area (Å²) in [5, 5.41) is 4.31. The first-order valence-corrected chi connectivity index (χ1v) is 4.96. The lowest BCUT2D eigenvalue weighted by molar-refractivity contribution is 0.332. The van der Waals surface area contributed by atoms with Crippen molar-refractivity contribution in [3.05, 3.63) is 5.82 Å². The van der Waals surface area contributed by atoms with Gasteiger partial charge in [-0.3, -0.25) is 0 Å². The Morgan fingerprint density at radius 1 is 1.31 bits per heavy atom. The molecule has 0 unspecified atom stereocenters. The van der Waals surface area contributed by atoms with Crippen molar-refractivity contribution in [3.8, 4) is 0 Å². The summed E-state index contributed by atoms with van der Waals surface area (Å²) in [6.07, 6.45) is 6.34. The standard InChI is InChI=1S/C9H16N4/c1-7-11-9(10)13(12-7)8-5-3-2-4-6-8/h8H,2-6H2,1H3,(H2,10,11,12). The van der Waals surface area contributed by atoms with Gasteiger partial charge in [0.25, 0.3) is 0 Å². The molecule has 0 amide bonds. The number of nitrogens with two attached hydrogens (primary N) is 1. The van der Waals surface area contributed by atoms with E-state index >= 15 is 0 Å². The fourth-order valence-corrected chi connectivity index (χ4v) is 2.04. The lowest BCUT2D eigenvalue weighted by atomic mass is 9.96. The third kappa shape index (κ3) is 1.66. The second-order valence-electron chi connectivity index (χ2n) is 3.75. The van der Waals surface area contributed by atoms with E-state index in [1.54, 1.807) is 0 Å². The van der Waals surface area contributed by atoms with Crippen LogP contribution in [0.3, 0.4) is 0 Å². The lowest BCUT2D eigenvalue weighted by Gasteiger charge is -2.21. The zero-order valence-electron chi connectivity index (χ0n) is 8.03. The van der Waals surface area contributed by atoms with Crippen LogP contribution in [0, 0.1) is 6.92 Å². The number of nitrogens with zero attached hydrogens (tertiary/aromatic N) is 3. The predicted octanol–water partition coefficient (Wildman–Crippen LogP) is 1.67. The number of nitrogen functional groups attached to an aromatic ring is 1. The summed E-state index contributed by atoms with van der Waals surface area (Å²) in [5.74, 6) is 1.35. The van der Waals surface area contributed by atoms with E-state index in [1.165, 1.54) is 32.1 Å². The number of aryl methyl sites for hydroxylation is 1. The SMILES string of the molecule is Cc1nc(N)n(C2CCCCC2)n1. The molecular formula is C9H16N4. The Kier molecular flexibility index (Phi) is 2.20. The highest BCUT2D eigenvalue weighted by molar-refractivity contribution is 5.16. The first kappa shape index (κ1) is 8.53. The minimum atomic E-state index is 0.495. The number of aromatic nitrogens is 3. The van der Waals surface area contributed by atoms with Crippen LogP contribution in [-0.2, 0) is 0 Å². The quantitative estimate of drug-likeness (QED) is 0.715. The molecule has 1 aromatic heterocycles. The summed E-state index contributed by atoms with van der Waals surface area (Å²) >= 11 is 0. The van der Waals surface area contributed by atoms with Gasteiger partial charge in [0.15, 0.2) is 0 Å². The molecule has 1 heterocycles. The van der Waals surface area contributed by atoms with Gasteiger partial charge in [-0.15, -0.1) is 0 Å². The lowest BCUT2D eigenvalue weighted by Crippen LogP contribution is -2.16. The molecular weight excluding hydrogens is 164 g/mol. The van der Waals surface area contributed by atoms with Crippen LogP contribution in [0.4, 0.5) is 5.95 Å². The second-order valence-corrected chi connectivity index (χ2v) is 3.75. The van der Waals surface area contributed by atoms with Crippen LogP contribution in [0.25, 0.3) is 0 Å². The number of rotatable bonds is 1. The van der Waals surface area contributed by atoms with Gasteiger partial charge >= 0.3 is 0 Å². The van der Waals surface area contributed by atoms with Crippen molar-refractivity contribution in [2.45, 2.75) is 45.1 Å². The van der Waals surface area contributed by atoms with Gasteiger partial charge in [0.05, 0.1) is 6.04 Å². The number of hydrogen-bond acceptors (Lipinski definition) is 3. The van der Waals surface area contributed by atoms with E-state index in [0.29, 0.717) is 12.0 Å². The first-order chi connectivity index (χ1) is 6.27. The Balaban J connectivity index is 2.18. The molecule has 72 valence electrons. The van der Waals surface area contributed by atoms with E-state index in [0.717, 1.165) is 5.82 Å². The average Bonchev–Trinajstić information content (AvgIpc) is 2.47. The zero-order chi connectivity index (χ0) is 9.26. The predicted molar refractivity (Wildman–Crippen MR) is 51.3 cm³/mol. The van der Waals surface area contributed by atoms with Crippen molar-refractivity contribution in [3.63, 3.8) is 0 Å². The van der Waals surface area contributed by atoms with Crippen molar-refractivity contribution in [2.75, 3.05) is 5.73 Å². The molecule has 0 radical (unpaired) electrons. The topological polar surface area (TPSA) is 56.7 Å². The summed E-state index contributed by atoms with van der Waals surface area (Å²) in [5.41, 5.74) is 5.76. The van der Waals surface area contributed by atoms with Crippen LogP contribution in [0.2, 0.25) is 0 Å². The zero-order valence-corrected chi connectivity index (χ0v) is 8.03. The molecule has 1 saturated carbocycles. The van der Waals surface area contributed by atoms with Crippen molar-refractivity contribution < 1.29 is 0 Å². The molecule has 1 aliphatic carbocycles. The van der Waals surface area contributed by atoms with Gasteiger partial charge in [-0.05, 0) is 19.8 Å². The van der Waals surface area contributed by atoms with E-state index < -0.39 is 0 Å². The van der Waals surface area contributed by atoms with Crippen LogP contribution in [-0.4, -0.2) is 14.8 Å². The number of anilines is 1. The highest BCUT2D eigenvalue weighted by Gasteiger charge is 2.18. The summed E-state index contributed by atoms with van der Waals surface area (Å²) in [6.45, 7) is 1.88. The highest BCUT2D eigenvalue weighted by atomic mass is 15.4. The maximum atomic E-state index is 5.76. The van der Waals surface area contributed by atoms with Crippen molar-refractivity contribution in [2.24, 2.45) is 0 Å². The van der Waals surface area contributed by atoms with E-state index in [1.807, 2.05) is 11.6 Å². The summed E-state index contributed by atoms with van der Waals surface area (Å²) in [4.78, 5) is 4.12. The molecule has 0 spiro atoms. The Hall–Kier alpha value is -1.06. The van der Waals surface area contributed by atoms with Gasteiger partial charge < -0.3 is 5.73 Å². The van der Waals surface area contributed by atoms with Crippen LogP contribution in [0.5, 0.6) is 0 Å². The van der Waals surface area contributed by atoms with Crippen LogP contribution < -0.4 is 5.73 Å². The fourth-order valence-electron chi connectivity index (χ4n) is 2.04. The molecule has 0 aliphatic heterocycles. The van der Waals surface area contributed by atoms with E-state index in [-0.39, 0.29) is 0 Å². The molecule has 4 nitrogen and oxygen atoms in total. The molecule has 0 aromatic carbocycles. The molecule has 2 rings (SSSR count). The van der Waals surface area contributed by atoms with Gasteiger partial charge in [-0.25, -0.2) is 4.68 Å². The highest BCUT2D eigenvalue weighted by Crippen LogP contribution is 2.28. The molecule has 1 aliphatic rings. The molecule has 2 N–H and O–H groups in total. The van der Waals surface area contributed by atoms with Crippen LogP contribution in [0.15, 0.2) is 0 Å². The van der Waals surface area contributed by atoms with E-state index in [2.05, 4.69) is 10.1 Å². The summed E-state index contributed by atoms with van der Waals surface area (Å²) in [7, 11) is 0. The minimum absolute atomic E-state index is 0.495. The maximum absolute atomic E-state index is 5.76. The Morgan fingerprint density at radius 3 is 2.54 bits per heavy atom. The van der Waals surface area contributed by atoms with Crippen LogP contribution >= 0.6 is 0 Å². The van der Waals surface area contributed by atoms with Gasteiger partial charge in [0.1, 0.15) is 5.82 Å².